The number of primary amides is 1. The lowest BCUT2D eigenvalue weighted by atomic mass is 10.0. The number of nitrogens with two attached hydrogens (primary N) is 4. The smallest absolute Gasteiger partial charge is 0.246 e. The van der Waals surface area contributed by atoms with Gasteiger partial charge in [-0.2, -0.15) is 0 Å². The number of likely N-dealkylation sites (tertiary alicyclic amines) is 1. The molecule has 12 N–H and O–H groups in total. The number of guanidine groups is 1. The van der Waals surface area contributed by atoms with Crippen LogP contribution in [-0.2, 0) is 33.6 Å². The first-order valence-electron chi connectivity index (χ1n) is 15.4. The first-order chi connectivity index (χ1) is 21.7. The highest BCUT2D eigenvalue weighted by molar-refractivity contribution is 5.95. The molecule has 0 aliphatic carbocycles. The summed E-state index contributed by atoms with van der Waals surface area (Å²) in [5.41, 5.74) is 22.1. The standard InChI is InChI=1S/C29H50N10O7/c1-17(2)24(42)34-13-5-4-8-20(25(43)36-19(16-40)11-12-23(31)41)37-26(44)21(9-6-14-35-29(32)33)38-27(45)22-10-7-15-39(22)28(46)18(3)30/h16,18-22H,1,4-15,30H2,2-3H3,(H2,31,41)(H,34,42)(H,36,43)(H,37,44)(H,38,45)(H4,32,33,35)/t18-,19-,20-,21-,22-/m0/s1. The second-order valence-electron chi connectivity index (χ2n) is 11.3. The normalized spacial score (nSPS) is 16.6. The fourth-order valence-corrected chi connectivity index (χ4v) is 4.73. The summed E-state index contributed by atoms with van der Waals surface area (Å²) in [7, 11) is 0. The highest BCUT2D eigenvalue weighted by Gasteiger charge is 2.37. The molecular formula is C29H50N10O7. The van der Waals surface area contributed by atoms with Crippen LogP contribution in [0, 0.1) is 0 Å². The van der Waals surface area contributed by atoms with Gasteiger partial charge >= 0.3 is 0 Å². The van der Waals surface area contributed by atoms with Crippen molar-refractivity contribution in [2.45, 2.75) is 102 Å². The average molecular weight is 651 g/mol. The molecule has 0 aromatic rings. The predicted octanol–water partition coefficient (Wildman–Crippen LogP) is -2.84. The van der Waals surface area contributed by atoms with Crippen molar-refractivity contribution in [2.24, 2.45) is 27.9 Å². The molecule has 1 fully saturated rings. The zero-order chi connectivity index (χ0) is 34.8. The van der Waals surface area contributed by atoms with E-state index >= 15 is 0 Å². The number of aliphatic imine (C=N–C) groups is 1. The van der Waals surface area contributed by atoms with E-state index in [-0.39, 0.29) is 50.0 Å². The lowest BCUT2D eigenvalue weighted by molar-refractivity contribution is -0.140. The van der Waals surface area contributed by atoms with Crippen LogP contribution in [0.2, 0.25) is 0 Å². The van der Waals surface area contributed by atoms with E-state index in [1.54, 1.807) is 6.92 Å². The van der Waals surface area contributed by atoms with Crippen molar-refractivity contribution in [3.05, 3.63) is 12.2 Å². The van der Waals surface area contributed by atoms with Gasteiger partial charge in [-0.1, -0.05) is 6.58 Å². The molecule has 0 saturated carbocycles. The fourth-order valence-electron chi connectivity index (χ4n) is 4.73. The van der Waals surface area contributed by atoms with Crippen LogP contribution in [0.15, 0.2) is 17.1 Å². The Morgan fingerprint density at radius 3 is 2.17 bits per heavy atom. The zero-order valence-corrected chi connectivity index (χ0v) is 26.7. The Hall–Kier alpha value is -4.54. The molecule has 0 unspecified atom stereocenters. The Bertz CT molecular complexity index is 1140. The van der Waals surface area contributed by atoms with Gasteiger partial charge in [0.05, 0.1) is 12.1 Å². The van der Waals surface area contributed by atoms with E-state index in [0.717, 1.165) is 0 Å². The molecule has 1 aliphatic rings. The van der Waals surface area contributed by atoms with Gasteiger partial charge in [-0.25, -0.2) is 0 Å². The average Bonchev–Trinajstić information content (AvgIpc) is 3.48. The van der Waals surface area contributed by atoms with Gasteiger partial charge in [-0.3, -0.25) is 33.8 Å². The maximum atomic E-state index is 13.6. The molecule has 6 amide bonds. The first-order valence-corrected chi connectivity index (χ1v) is 15.4. The van der Waals surface area contributed by atoms with Gasteiger partial charge in [0, 0.05) is 31.6 Å². The van der Waals surface area contributed by atoms with Crippen LogP contribution < -0.4 is 44.2 Å². The van der Waals surface area contributed by atoms with Crippen molar-refractivity contribution in [3.8, 4) is 0 Å². The van der Waals surface area contributed by atoms with Gasteiger partial charge < -0.3 is 53.9 Å². The van der Waals surface area contributed by atoms with E-state index in [4.69, 9.17) is 22.9 Å². The number of aldehydes is 1. The molecule has 258 valence electrons. The molecule has 1 rings (SSSR count). The number of hydrogen-bond donors (Lipinski definition) is 8. The summed E-state index contributed by atoms with van der Waals surface area (Å²) < 4.78 is 0. The number of unbranched alkanes of at least 4 members (excludes halogenated alkanes) is 1. The predicted molar refractivity (Wildman–Crippen MR) is 170 cm³/mol. The van der Waals surface area contributed by atoms with Crippen molar-refractivity contribution >= 4 is 47.7 Å². The first kappa shape index (κ1) is 39.5. The van der Waals surface area contributed by atoms with Gasteiger partial charge in [-0.15, -0.1) is 0 Å². The topological polar surface area (TPSA) is 287 Å². The van der Waals surface area contributed by atoms with E-state index in [2.05, 4.69) is 32.8 Å². The highest BCUT2D eigenvalue weighted by Crippen LogP contribution is 2.19. The molecule has 17 heteroatoms. The summed E-state index contributed by atoms with van der Waals surface area (Å²) in [6.07, 6.45) is 2.63. The maximum absolute atomic E-state index is 13.6. The number of rotatable bonds is 21. The molecule has 5 atom stereocenters. The molecule has 1 heterocycles. The molecular weight excluding hydrogens is 600 g/mol. The summed E-state index contributed by atoms with van der Waals surface area (Å²) in [6, 6.07) is -4.92. The zero-order valence-electron chi connectivity index (χ0n) is 26.7. The van der Waals surface area contributed by atoms with Crippen molar-refractivity contribution in [2.75, 3.05) is 19.6 Å². The van der Waals surface area contributed by atoms with Crippen LogP contribution in [0.3, 0.4) is 0 Å². The third-order valence-corrected chi connectivity index (χ3v) is 7.23. The molecule has 1 aliphatic heterocycles. The molecule has 0 bridgehead atoms. The summed E-state index contributed by atoms with van der Waals surface area (Å²) in [4.78, 5) is 92.6. The van der Waals surface area contributed by atoms with E-state index < -0.39 is 53.8 Å². The summed E-state index contributed by atoms with van der Waals surface area (Å²) >= 11 is 0. The lowest BCUT2D eigenvalue weighted by Gasteiger charge is -2.28. The molecule has 46 heavy (non-hydrogen) atoms. The summed E-state index contributed by atoms with van der Waals surface area (Å²) in [6.45, 7) is 7.48. The second kappa shape index (κ2) is 20.5. The Morgan fingerprint density at radius 1 is 0.957 bits per heavy atom. The molecule has 0 aromatic carbocycles. The number of amides is 6. The number of nitrogens with zero attached hydrogens (tertiary/aromatic N) is 2. The van der Waals surface area contributed by atoms with Crippen LogP contribution in [0.1, 0.15) is 71.6 Å². The van der Waals surface area contributed by atoms with Crippen LogP contribution in [0.4, 0.5) is 0 Å². The molecule has 17 nitrogen and oxygen atoms in total. The van der Waals surface area contributed by atoms with E-state index in [1.807, 2.05) is 0 Å². The van der Waals surface area contributed by atoms with Crippen LogP contribution in [0.25, 0.3) is 0 Å². The minimum Gasteiger partial charge on any atom is -0.370 e. The largest absolute Gasteiger partial charge is 0.370 e. The second-order valence-corrected chi connectivity index (χ2v) is 11.3. The van der Waals surface area contributed by atoms with Crippen LogP contribution in [0.5, 0.6) is 0 Å². The third kappa shape index (κ3) is 14.5. The molecule has 0 aromatic heterocycles. The Balaban J connectivity index is 3.12. The fraction of sp³-hybridized carbons (Fsp3) is 0.655. The monoisotopic (exact) mass is 650 g/mol. The van der Waals surface area contributed by atoms with Gasteiger partial charge in [0.15, 0.2) is 5.96 Å². The van der Waals surface area contributed by atoms with E-state index in [1.165, 1.54) is 11.8 Å². The van der Waals surface area contributed by atoms with Crippen molar-refractivity contribution in [1.82, 2.24) is 26.2 Å². The number of nitrogens with one attached hydrogen (secondary N) is 4. The van der Waals surface area contributed by atoms with Crippen molar-refractivity contribution < 1.29 is 33.6 Å². The number of hydrogen-bond acceptors (Lipinski definition) is 9. The van der Waals surface area contributed by atoms with Gasteiger partial charge in [0.1, 0.15) is 24.4 Å². The molecule has 1 saturated heterocycles. The third-order valence-electron chi connectivity index (χ3n) is 7.23. The quantitative estimate of drug-likeness (QED) is 0.0207. The van der Waals surface area contributed by atoms with Gasteiger partial charge in [0.2, 0.25) is 35.4 Å². The van der Waals surface area contributed by atoms with Gasteiger partial charge in [-0.05, 0) is 65.2 Å². The Kier molecular flexibility index (Phi) is 17.6. The maximum Gasteiger partial charge on any atom is 0.246 e. The van der Waals surface area contributed by atoms with E-state index in [0.29, 0.717) is 57.1 Å². The summed E-state index contributed by atoms with van der Waals surface area (Å²) in [5, 5.41) is 10.6. The number of carbonyl (C=O) groups is 7. The molecule has 0 radical (unpaired) electrons. The highest BCUT2D eigenvalue weighted by atomic mass is 16.2. The SMILES string of the molecule is C=C(C)C(=O)NCCCC[C@H](NC(=O)[C@H](CCCN=C(N)N)NC(=O)[C@@H]1CCCN1C(=O)[C@H](C)N)C(=O)N[C@H](C=O)CCC(N)=O. The van der Waals surface area contributed by atoms with E-state index in [9.17, 15) is 33.6 Å². The van der Waals surface area contributed by atoms with Crippen molar-refractivity contribution in [3.63, 3.8) is 0 Å². The Labute approximate surface area is 269 Å². The number of carbonyl (C=O) groups excluding carboxylic acids is 7. The van der Waals surface area contributed by atoms with Crippen LogP contribution in [-0.4, -0.2) is 102 Å². The lowest BCUT2D eigenvalue weighted by Crippen LogP contribution is -2.57. The summed E-state index contributed by atoms with van der Waals surface area (Å²) in [5.74, 6) is -3.40. The van der Waals surface area contributed by atoms with Crippen LogP contribution >= 0.6 is 0 Å². The molecule has 0 spiro atoms. The Morgan fingerprint density at radius 2 is 1.59 bits per heavy atom. The minimum absolute atomic E-state index is 0.0281. The minimum atomic E-state index is -1.14. The van der Waals surface area contributed by atoms with Crippen molar-refractivity contribution in [1.29, 1.82) is 0 Å². The van der Waals surface area contributed by atoms with Gasteiger partial charge in [0.25, 0.3) is 0 Å².